The second-order valence-corrected chi connectivity index (χ2v) is 4.30. The highest BCUT2D eigenvalue weighted by molar-refractivity contribution is 7.45. The van der Waals surface area contributed by atoms with Gasteiger partial charge in [-0.3, -0.25) is 5.84 Å². The summed E-state index contributed by atoms with van der Waals surface area (Å²) in [5.41, 5.74) is 0. The minimum Gasteiger partial charge on any atom is -0.303 e. The zero-order valence-corrected chi connectivity index (χ0v) is 10.6. The molecular weight excluding hydrogens is 266 g/mol. The van der Waals surface area contributed by atoms with Crippen molar-refractivity contribution in [2.45, 2.75) is 13.8 Å². The molecule has 0 saturated heterocycles. The molecule has 8 N–H and O–H groups in total. The van der Waals surface area contributed by atoms with E-state index in [9.17, 15) is 0 Å². The van der Waals surface area contributed by atoms with Crippen LogP contribution in [-0.2, 0) is 9.13 Å². The molecule has 0 aliphatic heterocycles. The summed E-state index contributed by atoms with van der Waals surface area (Å²) in [6.07, 6.45) is 0. The summed E-state index contributed by atoms with van der Waals surface area (Å²) in [6.45, 7) is 5.94. The maximum absolute atomic E-state index is 8.88. The molecule has 0 amide bonds. The van der Waals surface area contributed by atoms with E-state index >= 15 is 0 Å². The smallest absolute Gasteiger partial charge is 0.303 e. The lowest BCUT2D eigenvalue weighted by molar-refractivity contribution is 0.272. The monoisotopic (exact) mass is 284 g/mol. The normalized spacial score (nSPS) is 11.1. The van der Waals surface area contributed by atoms with Crippen molar-refractivity contribution in [1.82, 2.24) is 5.01 Å². The summed E-state index contributed by atoms with van der Waals surface area (Å²) in [5.74, 6) is 5.31. The Balaban J connectivity index is -0.000000160. The zero-order chi connectivity index (χ0) is 14.0. The predicted octanol–water partition coefficient (Wildman–Crippen LogP) is -1.66. The molecule has 16 heavy (non-hydrogen) atoms. The Morgan fingerprint density at radius 2 is 1.00 bits per heavy atom. The Hall–Kier alpha value is 0.140. The summed E-state index contributed by atoms with van der Waals surface area (Å²) in [4.78, 5) is 43.1. The van der Waals surface area contributed by atoms with Crippen LogP contribution in [0.4, 0.5) is 0 Å². The van der Waals surface area contributed by atoms with Gasteiger partial charge in [-0.2, -0.15) is 0 Å². The molecule has 0 unspecified atom stereocenters. The average molecular weight is 284 g/mol. The quantitative estimate of drug-likeness (QED) is 0.176. The number of hydrogen-bond donors (Lipinski definition) is 7. The van der Waals surface area contributed by atoms with E-state index in [2.05, 4.69) is 0 Å². The fourth-order valence-electron chi connectivity index (χ4n) is 0.224. The third-order valence-corrected chi connectivity index (χ3v) is 0.812. The second-order valence-electron chi connectivity index (χ2n) is 2.25. The zero-order valence-electron chi connectivity index (χ0n) is 8.83. The standard InChI is InChI=1S/C4H12N2.2H3O4P/c1-3-6(5)4-2;2*1-5(2,3)4/h3-5H2,1-2H3;2*(H3,1,2,3,4). The van der Waals surface area contributed by atoms with Gasteiger partial charge >= 0.3 is 15.6 Å². The van der Waals surface area contributed by atoms with Gasteiger partial charge in [0.2, 0.25) is 0 Å². The van der Waals surface area contributed by atoms with Crippen LogP contribution in [-0.4, -0.2) is 47.5 Å². The van der Waals surface area contributed by atoms with Crippen molar-refractivity contribution in [2.75, 3.05) is 13.1 Å². The lowest BCUT2D eigenvalue weighted by Gasteiger charge is -2.07. The predicted molar refractivity (Wildman–Crippen MR) is 55.6 cm³/mol. The highest BCUT2D eigenvalue weighted by atomic mass is 31.2. The van der Waals surface area contributed by atoms with Crippen LogP contribution in [0, 0.1) is 0 Å². The van der Waals surface area contributed by atoms with Crippen molar-refractivity contribution >= 4 is 15.6 Å². The van der Waals surface area contributed by atoms with E-state index in [1.54, 1.807) is 5.01 Å². The Bertz CT molecular complexity index is 196. The Morgan fingerprint density at radius 1 is 0.875 bits per heavy atom. The molecule has 0 aromatic rings. The van der Waals surface area contributed by atoms with Gasteiger partial charge in [0.25, 0.3) is 0 Å². The van der Waals surface area contributed by atoms with Crippen LogP contribution in [0.5, 0.6) is 0 Å². The molecule has 12 heteroatoms. The van der Waals surface area contributed by atoms with Crippen LogP contribution >= 0.6 is 15.6 Å². The molecule has 0 saturated carbocycles. The van der Waals surface area contributed by atoms with Crippen molar-refractivity contribution in [3.05, 3.63) is 0 Å². The van der Waals surface area contributed by atoms with E-state index in [1.807, 2.05) is 13.8 Å². The summed E-state index contributed by atoms with van der Waals surface area (Å²) >= 11 is 0. The first kappa shape index (κ1) is 21.4. The Morgan fingerprint density at radius 3 is 1.00 bits per heavy atom. The van der Waals surface area contributed by atoms with E-state index in [0.29, 0.717) is 0 Å². The second kappa shape index (κ2) is 10.3. The first-order chi connectivity index (χ1) is 6.81. The molecule has 0 spiro atoms. The number of phosphoric acid groups is 2. The van der Waals surface area contributed by atoms with Crippen LogP contribution in [0.25, 0.3) is 0 Å². The number of hydrogen-bond acceptors (Lipinski definition) is 4. The summed E-state index contributed by atoms with van der Waals surface area (Å²) in [5, 5.41) is 1.75. The first-order valence-corrected chi connectivity index (χ1v) is 7.00. The van der Waals surface area contributed by atoms with Crippen molar-refractivity contribution in [1.29, 1.82) is 0 Å². The van der Waals surface area contributed by atoms with E-state index in [0.717, 1.165) is 13.1 Å². The highest BCUT2D eigenvalue weighted by Crippen LogP contribution is 2.26. The van der Waals surface area contributed by atoms with Crippen LogP contribution in [0.1, 0.15) is 13.8 Å². The van der Waals surface area contributed by atoms with E-state index in [1.165, 1.54) is 0 Å². The van der Waals surface area contributed by atoms with Gasteiger partial charge < -0.3 is 29.4 Å². The Labute approximate surface area is 92.8 Å². The van der Waals surface area contributed by atoms with Gasteiger partial charge in [0, 0.05) is 13.1 Å². The number of nitrogens with zero attached hydrogens (tertiary/aromatic N) is 1. The molecule has 0 aromatic carbocycles. The fraction of sp³-hybridized carbons (Fsp3) is 1.00. The van der Waals surface area contributed by atoms with E-state index in [-0.39, 0.29) is 0 Å². The van der Waals surface area contributed by atoms with Gasteiger partial charge in [-0.25, -0.2) is 14.1 Å². The fourth-order valence-corrected chi connectivity index (χ4v) is 0.224. The molecule has 0 atom stereocenters. The first-order valence-electron chi connectivity index (χ1n) is 3.87. The molecule has 0 aliphatic carbocycles. The van der Waals surface area contributed by atoms with Gasteiger partial charge in [-0.1, -0.05) is 13.8 Å². The maximum atomic E-state index is 8.88. The highest BCUT2D eigenvalue weighted by Gasteiger charge is 2.00. The van der Waals surface area contributed by atoms with Gasteiger partial charge in [0.1, 0.15) is 0 Å². The minimum atomic E-state index is -4.64. The summed E-state index contributed by atoms with van der Waals surface area (Å²) < 4.78 is 17.8. The van der Waals surface area contributed by atoms with Crippen molar-refractivity contribution < 1.29 is 38.5 Å². The molecule has 0 rings (SSSR count). The number of rotatable bonds is 2. The third-order valence-electron chi connectivity index (χ3n) is 0.812. The van der Waals surface area contributed by atoms with Crippen LogP contribution in [0.3, 0.4) is 0 Å². The molecular formula is C4H18N2O8P2. The molecule has 102 valence electrons. The van der Waals surface area contributed by atoms with Gasteiger partial charge in [0.15, 0.2) is 0 Å². The van der Waals surface area contributed by atoms with Crippen molar-refractivity contribution in [3.63, 3.8) is 0 Å². The Kier molecular flexibility index (Phi) is 13.8. The van der Waals surface area contributed by atoms with Gasteiger partial charge in [-0.15, -0.1) is 0 Å². The minimum absolute atomic E-state index is 0.941. The molecule has 0 bridgehead atoms. The SMILES string of the molecule is CCN(N)CC.O=P(O)(O)O.O=P(O)(O)O. The van der Waals surface area contributed by atoms with Gasteiger partial charge in [-0.05, 0) is 0 Å². The third kappa shape index (κ3) is 142. The van der Waals surface area contributed by atoms with E-state index in [4.69, 9.17) is 44.3 Å². The molecule has 0 fully saturated rings. The average Bonchev–Trinajstić information content (AvgIpc) is 1.96. The van der Waals surface area contributed by atoms with E-state index < -0.39 is 15.6 Å². The van der Waals surface area contributed by atoms with Crippen molar-refractivity contribution in [2.24, 2.45) is 5.84 Å². The van der Waals surface area contributed by atoms with Crippen LogP contribution in [0.2, 0.25) is 0 Å². The molecule has 10 nitrogen and oxygen atoms in total. The number of hydrazine groups is 1. The van der Waals surface area contributed by atoms with Crippen LogP contribution < -0.4 is 5.84 Å². The molecule has 0 aromatic heterocycles. The maximum Gasteiger partial charge on any atom is 0.466 e. The lowest BCUT2D eigenvalue weighted by atomic mass is 10.6. The molecule has 0 radical (unpaired) electrons. The summed E-state index contributed by atoms with van der Waals surface area (Å²) in [6, 6.07) is 0. The molecule has 0 aliphatic rings. The van der Waals surface area contributed by atoms with Crippen LogP contribution in [0.15, 0.2) is 0 Å². The molecule has 0 heterocycles. The van der Waals surface area contributed by atoms with Gasteiger partial charge in [0.05, 0.1) is 0 Å². The topological polar surface area (TPSA) is 185 Å². The number of nitrogens with two attached hydrogens (primary N) is 1. The van der Waals surface area contributed by atoms with Crippen molar-refractivity contribution in [3.8, 4) is 0 Å². The summed E-state index contributed by atoms with van der Waals surface area (Å²) in [7, 11) is -9.28. The largest absolute Gasteiger partial charge is 0.466 e. The lowest BCUT2D eigenvalue weighted by Crippen LogP contribution is -2.29.